The summed E-state index contributed by atoms with van der Waals surface area (Å²) >= 11 is 9.29. The van der Waals surface area contributed by atoms with Crippen LogP contribution in [0.15, 0.2) is 16.7 Å². The van der Waals surface area contributed by atoms with Crippen LogP contribution in [0.3, 0.4) is 0 Å². The van der Waals surface area contributed by atoms with Gasteiger partial charge in [0, 0.05) is 25.2 Å². The average molecular weight is 289 g/mol. The molecule has 2 atom stereocenters. The number of nitrogens with zero attached hydrogens (tertiary/aromatic N) is 2. The lowest BCUT2D eigenvalue weighted by atomic mass is 10.2. The first-order valence-corrected chi connectivity index (χ1v) is 6.22. The molecule has 2 bridgehead atoms. The first-order chi connectivity index (χ1) is 7.24. The summed E-state index contributed by atoms with van der Waals surface area (Å²) in [4.78, 5) is 6.58. The predicted octanol–water partition coefficient (Wildman–Crippen LogP) is 2.05. The normalized spacial score (nSPS) is 28.8. The molecule has 0 unspecified atom stereocenters. The smallest absolute Gasteiger partial charge is 0.143 e. The standard InChI is InChI=1S/C10H11BrClN3/c11-9-2-8(4-14-10(9)12)15-5-6-1-7(15)3-13-6/h2,4,6-7,13H,1,3,5H2/t6-,7-/m1/s1. The SMILES string of the molecule is Clc1ncc(N2C[C@H]3C[C@@H]2CN3)cc1Br. The maximum absolute atomic E-state index is 5.88. The summed E-state index contributed by atoms with van der Waals surface area (Å²) < 4.78 is 0.873. The first kappa shape index (κ1) is 9.87. The van der Waals surface area contributed by atoms with Crippen molar-refractivity contribution in [3.63, 3.8) is 0 Å². The van der Waals surface area contributed by atoms with Gasteiger partial charge in [-0.25, -0.2) is 4.98 Å². The van der Waals surface area contributed by atoms with E-state index < -0.39 is 0 Å². The van der Waals surface area contributed by atoms with E-state index in [0.717, 1.165) is 17.6 Å². The lowest BCUT2D eigenvalue weighted by Crippen LogP contribution is -2.43. The van der Waals surface area contributed by atoms with Gasteiger partial charge >= 0.3 is 0 Å². The molecule has 3 rings (SSSR count). The molecule has 1 aromatic rings. The summed E-state index contributed by atoms with van der Waals surface area (Å²) in [6.45, 7) is 2.17. The Kier molecular flexibility index (Phi) is 2.38. The first-order valence-electron chi connectivity index (χ1n) is 5.05. The fraction of sp³-hybridized carbons (Fsp3) is 0.500. The van der Waals surface area contributed by atoms with Gasteiger partial charge < -0.3 is 10.2 Å². The Bertz CT molecular complexity index is 398. The molecule has 2 aliphatic rings. The third-order valence-electron chi connectivity index (χ3n) is 3.17. The van der Waals surface area contributed by atoms with Crippen molar-refractivity contribution in [2.75, 3.05) is 18.0 Å². The van der Waals surface area contributed by atoms with Crippen molar-refractivity contribution >= 4 is 33.2 Å². The molecule has 15 heavy (non-hydrogen) atoms. The highest BCUT2D eigenvalue weighted by Gasteiger charge is 2.37. The van der Waals surface area contributed by atoms with Crippen LogP contribution < -0.4 is 10.2 Å². The zero-order chi connectivity index (χ0) is 10.4. The third kappa shape index (κ3) is 1.65. The van der Waals surface area contributed by atoms with Crippen molar-refractivity contribution in [1.82, 2.24) is 10.3 Å². The highest BCUT2D eigenvalue weighted by molar-refractivity contribution is 9.10. The summed E-state index contributed by atoms with van der Waals surface area (Å²) in [7, 11) is 0. The van der Waals surface area contributed by atoms with Gasteiger partial charge in [0.05, 0.1) is 16.4 Å². The summed E-state index contributed by atoms with van der Waals surface area (Å²) in [6.07, 6.45) is 3.11. The van der Waals surface area contributed by atoms with E-state index in [1.165, 1.54) is 12.1 Å². The fourth-order valence-corrected chi connectivity index (χ4v) is 2.89. The molecule has 2 fully saturated rings. The van der Waals surface area contributed by atoms with Crippen molar-refractivity contribution < 1.29 is 0 Å². The Balaban J connectivity index is 1.90. The zero-order valence-corrected chi connectivity index (χ0v) is 10.4. The summed E-state index contributed by atoms with van der Waals surface area (Å²) in [6, 6.07) is 3.34. The van der Waals surface area contributed by atoms with E-state index in [0.29, 0.717) is 17.2 Å². The van der Waals surface area contributed by atoms with E-state index in [1.807, 2.05) is 6.20 Å². The van der Waals surface area contributed by atoms with Crippen molar-refractivity contribution in [3.8, 4) is 0 Å². The second-order valence-electron chi connectivity index (χ2n) is 4.11. The van der Waals surface area contributed by atoms with Gasteiger partial charge in [0.1, 0.15) is 5.15 Å². The van der Waals surface area contributed by atoms with Crippen LogP contribution in [0.4, 0.5) is 5.69 Å². The van der Waals surface area contributed by atoms with Crippen LogP contribution in [0.25, 0.3) is 0 Å². The van der Waals surface area contributed by atoms with Gasteiger partial charge in [-0.05, 0) is 28.4 Å². The number of pyridine rings is 1. The maximum atomic E-state index is 5.88. The number of piperazine rings is 1. The van der Waals surface area contributed by atoms with Gasteiger partial charge in [-0.2, -0.15) is 0 Å². The molecule has 2 saturated heterocycles. The van der Waals surface area contributed by atoms with Gasteiger partial charge in [0.25, 0.3) is 0 Å². The second-order valence-corrected chi connectivity index (χ2v) is 5.33. The number of hydrogen-bond acceptors (Lipinski definition) is 3. The minimum absolute atomic E-state index is 0.529. The Morgan fingerprint density at radius 2 is 2.47 bits per heavy atom. The lowest BCUT2D eigenvalue weighted by Gasteiger charge is -2.29. The Morgan fingerprint density at radius 1 is 1.60 bits per heavy atom. The topological polar surface area (TPSA) is 28.2 Å². The Hall–Kier alpha value is -0.320. The van der Waals surface area contributed by atoms with Crippen LogP contribution in [0, 0.1) is 0 Å². The highest BCUT2D eigenvalue weighted by Crippen LogP contribution is 2.32. The van der Waals surface area contributed by atoms with E-state index in [4.69, 9.17) is 11.6 Å². The number of halogens is 2. The summed E-state index contributed by atoms with van der Waals surface area (Å²) in [5, 5.41) is 4.01. The van der Waals surface area contributed by atoms with Gasteiger partial charge in [-0.15, -0.1) is 0 Å². The largest absolute Gasteiger partial charge is 0.364 e. The minimum atomic E-state index is 0.529. The fourth-order valence-electron chi connectivity index (χ4n) is 2.45. The van der Waals surface area contributed by atoms with Gasteiger partial charge in [0.15, 0.2) is 0 Å². The van der Waals surface area contributed by atoms with Crippen LogP contribution in [-0.2, 0) is 0 Å². The molecule has 0 radical (unpaired) electrons. The monoisotopic (exact) mass is 287 g/mol. The van der Waals surface area contributed by atoms with Crippen molar-refractivity contribution in [2.24, 2.45) is 0 Å². The molecule has 0 aromatic carbocycles. The summed E-state index contributed by atoms with van der Waals surface area (Å²) in [5.41, 5.74) is 1.17. The number of anilines is 1. The zero-order valence-electron chi connectivity index (χ0n) is 8.08. The summed E-state index contributed by atoms with van der Waals surface area (Å²) in [5.74, 6) is 0. The number of nitrogens with one attached hydrogen (secondary N) is 1. The molecule has 1 N–H and O–H groups in total. The van der Waals surface area contributed by atoms with Crippen molar-refractivity contribution in [2.45, 2.75) is 18.5 Å². The lowest BCUT2D eigenvalue weighted by molar-refractivity contribution is 0.579. The Morgan fingerprint density at radius 3 is 3.07 bits per heavy atom. The molecule has 0 saturated carbocycles. The van der Waals surface area contributed by atoms with Crippen LogP contribution in [0.1, 0.15) is 6.42 Å². The van der Waals surface area contributed by atoms with Crippen LogP contribution in [-0.4, -0.2) is 30.2 Å². The molecular weight excluding hydrogens is 277 g/mol. The number of fused-ring (bicyclic) bond motifs is 2. The van der Waals surface area contributed by atoms with E-state index >= 15 is 0 Å². The predicted molar refractivity (Wildman–Crippen MR) is 64.5 cm³/mol. The molecular formula is C10H11BrClN3. The van der Waals surface area contributed by atoms with E-state index in [-0.39, 0.29) is 0 Å². The van der Waals surface area contributed by atoms with E-state index in [9.17, 15) is 0 Å². The number of hydrogen-bond donors (Lipinski definition) is 1. The molecule has 0 aliphatic carbocycles. The second kappa shape index (κ2) is 3.61. The molecule has 3 heterocycles. The average Bonchev–Trinajstić information content (AvgIpc) is 2.83. The number of aromatic nitrogens is 1. The van der Waals surface area contributed by atoms with Crippen molar-refractivity contribution in [1.29, 1.82) is 0 Å². The Labute approximate surface area is 102 Å². The molecule has 80 valence electrons. The van der Waals surface area contributed by atoms with E-state index in [1.54, 1.807) is 0 Å². The van der Waals surface area contributed by atoms with Crippen molar-refractivity contribution in [3.05, 3.63) is 21.9 Å². The third-order valence-corrected chi connectivity index (χ3v) is 4.30. The van der Waals surface area contributed by atoms with Gasteiger partial charge in [-0.1, -0.05) is 11.6 Å². The molecule has 0 spiro atoms. The molecule has 0 amide bonds. The molecule has 2 aliphatic heterocycles. The highest BCUT2D eigenvalue weighted by atomic mass is 79.9. The minimum Gasteiger partial charge on any atom is -0.364 e. The molecule has 1 aromatic heterocycles. The van der Waals surface area contributed by atoms with Gasteiger partial charge in [0.2, 0.25) is 0 Å². The quantitative estimate of drug-likeness (QED) is 0.802. The van der Waals surface area contributed by atoms with Crippen LogP contribution in [0.5, 0.6) is 0 Å². The van der Waals surface area contributed by atoms with Crippen LogP contribution >= 0.6 is 27.5 Å². The van der Waals surface area contributed by atoms with E-state index in [2.05, 4.69) is 37.2 Å². The maximum Gasteiger partial charge on any atom is 0.143 e. The molecule has 5 heteroatoms. The van der Waals surface area contributed by atoms with Crippen LogP contribution in [0.2, 0.25) is 5.15 Å². The van der Waals surface area contributed by atoms with Gasteiger partial charge in [-0.3, -0.25) is 0 Å². The molecule has 3 nitrogen and oxygen atoms in total. The number of rotatable bonds is 1.